The Kier molecular flexibility index (Phi) is 7.45. The monoisotopic (exact) mass is 534 g/mol. The maximum Gasteiger partial charge on any atom is 0.418 e. The van der Waals surface area contributed by atoms with E-state index >= 15 is 0 Å². The van der Waals surface area contributed by atoms with E-state index in [9.17, 15) is 55.3 Å². The van der Waals surface area contributed by atoms with Crippen molar-refractivity contribution in [1.29, 1.82) is 31.6 Å². The number of nitriles is 6. The molecule has 0 saturated heterocycles. The van der Waals surface area contributed by atoms with Crippen molar-refractivity contribution in [2.75, 3.05) is 0 Å². The fourth-order valence-corrected chi connectivity index (χ4v) is 3.41. The third-order valence-corrected chi connectivity index (χ3v) is 4.85. The fourth-order valence-electron chi connectivity index (χ4n) is 3.41. The average Bonchev–Trinajstić information content (AvgIpc) is 2.82. The molecule has 0 fully saturated rings. The van der Waals surface area contributed by atoms with Gasteiger partial charge in [0.2, 0.25) is 0 Å². The Balaban J connectivity index is 3.51. The van der Waals surface area contributed by atoms with E-state index in [1.807, 2.05) is 0 Å². The molecule has 15 heteroatoms. The third kappa shape index (κ3) is 5.05. The highest BCUT2D eigenvalue weighted by Crippen LogP contribution is 2.48. The summed E-state index contributed by atoms with van der Waals surface area (Å²) >= 11 is 0. The van der Waals surface area contributed by atoms with Gasteiger partial charge in [-0.3, -0.25) is 0 Å². The van der Waals surface area contributed by atoms with Gasteiger partial charge in [-0.05, 0) is 18.2 Å². The maximum atomic E-state index is 14.0. The van der Waals surface area contributed by atoms with Gasteiger partial charge in [-0.15, -0.1) is 0 Å². The molecule has 0 spiro atoms. The molecule has 0 aliphatic carbocycles. The van der Waals surface area contributed by atoms with Crippen LogP contribution in [-0.4, -0.2) is 0 Å². The van der Waals surface area contributed by atoms with Crippen LogP contribution in [0.5, 0.6) is 0 Å². The first-order chi connectivity index (χ1) is 17.5. The van der Waals surface area contributed by atoms with Gasteiger partial charge < -0.3 is 0 Å². The Bertz CT molecular complexity index is 1720. The largest absolute Gasteiger partial charge is 0.418 e. The summed E-state index contributed by atoms with van der Waals surface area (Å²) in [4.78, 5) is 0. The number of hydrogen-bond donors (Lipinski definition) is 0. The van der Waals surface area contributed by atoms with Crippen LogP contribution in [0.3, 0.4) is 0 Å². The van der Waals surface area contributed by atoms with Gasteiger partial charge in [0.15, 0.2) is 0 Å². The van der Waals surface area contributed by atoms with Crippen LogP contribution in [0.1, 0.15) is 38.9 Å². The van der Waals surface area contributed by atoms with E-state index in [0.29, 0.717) is 18.2 Å². The first kappa shape index (κ1) is 28.7. The fraction of sp³-hybridized carbons (Fsp3) is 0.130. The summed E-state index contributed by atoms with van der Waals surface area (Å²) in [7, 11) is 0. The van der Waals surface area contributed by atoms with Gasteiger partial charge in [0.25, 0.3) is 0 Å². The van der Waals surface area contributed by atoms with Gasteiger partial charge in [0.05, 0.1) is 51.1 Å². The van der Waals surface area contributed by atoms with Gasteiger partial charge in [0, 0.05) is 16.0 Å². The molecule has 0 atom stereocenters. The quantitative estimate of drug-likeness (QED) is 0.500. The minimum Gasteiger partial charge on any atom is -0.192 e. The molecule has 2 rings (SSSR count). The van der Waals surface area contributed by atoms with Gasteiger partial charge >= 0.3 is 18.5 Å². The molecular formula is C23H3F9N6. The van der Waals surface area contributed by atoms with Crippen LogP contribution >= 0.6 is 0 Å². The molecule has 0 aliphatic heterocycles. The van der Waals surface area contributed by atoms with E-state index in [1.54, 1.807) is 0 Å². The zero-order valence-electron chi connectivity index (χ0n) is 17.8. The number of alkyl halides is 9. The number of hydrogen-bond acceptors (Lipinski definition) is 6. The Labute approximate surface area is 205 Å². The summed E-state index contributed by atoms with van der Waals surface area (Å²) in [6, 6.07) is 7.66. The predicted molar refractivity (Wildman–Crippen MR) is 104 cm³/mol. The molecule has 0 heterocycles. The van der Waals surface area contributed by atoms with Crippen molar-refractivity contribution in [3.63, 3.8) is 0 Å². The molecule has 188 valence electrons. The lowest BCUT2D eigenvalue weighted by Gasteiger charge is -2.23. The Morgan fingerprint density at radius 1 is 0.553 bits per heavy atom. The van der Waals surface area contributed by atoms with Gasteiger partial charge in [0.1, 0.15) is 29.8 Å². The molecule has 38 heavy (non-hydrogen) atoms. The van der Waals surface area contributed by atoms with Crippen molar-refractivity contribution >= 4 is 11.1 Å². The second-order valence-corrected chi connectivity index (χ2v) is 6.95. The smallest absolute Gasteiger partial charge is 0.192 e. The van der Waals surface area contributed by atoms with Crippen molar-refractivity contribution in [3.8, 4) is 36.4 Å². The molecule has 0 radical (unpaired) electrons. The van der Waals surface area contributed by atoms with Crippen LogP contribution < -0.4 is 10.4 Å². The van der Waals surface area contributed by atoms with E-state index in [2.05, 4.69) is 0 Å². The van der Waals surface area contributed by atoms with Crippen LogP contribution in [0.2, 0.25) is 0 Å². The Morgan fingerprint density at radius 3 is 1.39 bits per heavy atom. The molecule has 0 aromatic heterocycles. The highest BCUT2D eigenvalue weighted by atomic mass is 19.4. The van der Waals surface area contributed by atoms with Crippen LogP contribution in [0, 0.1) is 68.0 Å². The zero-order valence-corrected chi connectivity index (χ0v) is 17.8. The van der Waals surface area contributed by atoms with Crippen LogP contribution in [0.15, 0.2) is 18.2 Å². The summed E-state index contributed by atoms with van der Waals surface area (Å²) < 4.78 is 124. The Morgan fingerprint density at radius 2 is 1.03 bits per heavy atom. The Hall–Kier alpha value is -5.51. The zero-order chi connectivity index (χ0) is 29.2. The normalized spacial score (nSPS) is 12.1. The standard InChI is InChI=1S/C23H3F9N6/c24-21(25,26)18-3-15(19(22(27,28)29)20(17(18)9-38)23(30,31)32)16(8-37)14-2-10(4-33)13(1-11(14)5-34)12(6-35)7-36/h1-3H/b16-14+. The molecule has 2 aromatic carbocycles. The van der Waals surface area contributed by atoms with Gasteiger partial charge in [-0.2, -0.15) is 71.1 Å². The minimum atomic E-state index is -6.17. The first-order valence-electron chi connectivity index (χ1n) is 9.27. The summed E-state index contributed by atoms with van der Waals surface area (Å²) in [5.74, 6) is 0. The van der Waals surface area contributed by atoms with E-state index < -0.39 is 85.1 Å². The number of nitrogens with zero attached hydrogens (tertiary/aromatic N) is 6. The molecule has 0 aliphatic rings. The number of halogens is 9. The molecule has 2 aromatic rings. The van der Waals surface area contributed by atoms with Crippen molar-refractivity contribution in [2.24, 2.45) is 0 Å². The first-order valence-corrected chi connectivity index (χ1v) is 9.27. The summed E-state index contributed by atoms with van der Waals surface area (Å²) in [6.45, 7) is 0. The maximum absolute atomic E-state index is 14.0. The SMILES string of the molecule is N#CC(C#N)=c1cc(C#N)/c(=C(\C#N)c2cc(C(F)(F)F)c(C#N)c(C(F)(F)F)c2C(F)(F)F)cc1C#N. The van der Waals surface area contributed by atoms with E-state index in [0.717, 1.165) is 6.07 Å². The highest BCUT2D eigenvalue weighted by Gasteiger charge is 2.50. The molecule has 6 nitrogen and oxygen atoms in total. The topological polar surface area (TPSA) is 143 Å². The third-order valence-electron chi connectivity index (χ3n) is 4.85. The molecule has 0 N–H and O–H groups in total. The summed E-state index contributed by atoms with van der Waals surface area (Å²) in [5.41, 5.74) is -16.5. The molecular weight excluding hydrogens is 531 g/mol. The van der Waals surface area contributed by atoms with E-state index in [1.165, 1.54) is 24.3 Å². The minimum absolute atomic E-state index is 0.472. The summed E-state index contributed by atoms with van der Waals surface area (Å²) in [6.07, 6.45) is -18.0. The molecule has 0 bridgehead atoms. The van der Waals surface area contributed by atoms with Gasteiger partial charge in [-0.25, -0.2) is 0 Å². The van der Waals surface area contributed by atoms with Crippen molar-refractivity contribution in [1.82, 2.24) is 0 Å². The summed E-state index contributed by atoms with van der Waals surface area (Å²) in [5, 5.41) is 53.9. The van der Waals surface area contributed by atoms with Crippen molar-refractivity contribution in [2.45, 2.75) is 18.5 Å². The van der Waals surface area contributed by atoms with E-state index in [4.69, 9.17) is 15.8 Å². The van der Waals surface area contributed by atoms with Crippen molar-refractivity contribution in [3.05, 3.63) is 67.6 Å². The second-order valence-electron chi connectivity index (χ2n) is 6.95. The second kappa shape index (κ2) is 9.86. The average molecular weight is 534 g/mol. The van der Waals surface area contributed by atoms with Gasteiger partial charge in [-0.1, -0.05) is 0 Å². The number of benzene rings is 2. The lowest BCUT2D eigenvalue weighted by molar-refractivity contribution is -0.164. The lowest BCUT2D eigenvalue weighted by Crippen LogP contribution is -2.26. The van der Waals surface area contributed by atoms with Crippen LogP contribution in [0.4, 0.5) is 39.5 Å². The lowest BCUT2D eigenvalue weighted by atomic mass is 9.86. The van der Waals surface area contributed by atoms with Crippen LogP contribution in [0.25, 0.3) is 11.1 Å². The number of rotatable bonds is 1. The molecule has 0 saturated carbocycles. The molecule has 0 amide bonds. The van der Waals surface area contributed by atoms with Crippen molar-refractivity contribution < 1.29 is 39.5 Å². The van der Waals surface area contributed by atoms with Crippen LogP contribution in [-0.2, 0) is 18.5 Å². The predicted octanol–water partition coefficient (Wildman–Crippen LogP) is 4.28. The van der Waals surface area contributed by atoms with E-state index in [-0.39, 0.29) is 0 Å². The highest BCUT2D eigenvalue weighted by molar-refractivity contribution is 5.83. The molecule has 0 unspecified atom stereocenters.